The van der Waals surface area contributed by atoms with E-state index < -0.39 is 0 Å². The molecule has 1 N–H and O–H groups in total. The zero-order valence-electron chi connectivity index (χ0n) is 11.5. The molecule has 3 rings (SSSR count). The van der Waals surface area contributed by atoms with E-state index in [4.69, 9.17) is 4.74 Å². The molecule has 0 bridgehead atoms. The minimum absolute atomic E-state index is 0.0937. The fraction of sp³-hybridized carbons (Fsp3) is 0.333. The number of nitrogens with zero attached hydrogens (tertiary/aromatic N) is 2. The minimum Gasteiger partial charge on any atom is -0.376 e. The Hall–Kier alpha value is -2.21. The fourth-order valence-corrected chi connectivity index (χ4v) is 2.37. The number of carbonyl (C=O) groups is 1. The van der Waals surface area contributed by atoms with E-state index in [0.717, 1.165) is 19.4 Å². The molecule has 5 nitrogen and oxygen atoms in total. The van der Waals surface area contributed by atoms with Gasteiger partial charge in [-0.3, -0.25) is 9.36 Å². The molecular weight excluding hydrogens is 273 g/mol. The average Bonchev–Trinajstić information content (AvgIpc) is 3.17. The number of imidazole rings is 1. The second-order valence-corrected chi connectivity index (χ2v) is 4.97. The standard InChI is InChI=1S/C15H16FN3O2/c16-11-3-5-12(6-4-11)19-10-17-9-14(19)15(20)18-8-13-2-1-7-21-13/h3-6,9-10,13H,1-2,7-8H2,(H,18,20)/t13-/m1/s1. The Kier molecular flexibility index (Phi) is 3.96. The third kappa shape index (κ3) is 3.11. The number of nitrogens with one attached hydrogen (secondary N) is 1. The molecule has 0 aliphatic carbocycles. The summed E-state index contributed by atoms with van der Waals surface area (Å²) in [5.74, 6) is -0.532. The van der Waals surface area contributed by atoms with Crippen molar-refractivity contribution in [2.45, 2.75) is 18.9 Å². The largest absolute Gasteiger partial charge is 0.376 e. The predicted molar refractivity (Wildman–Crippen MR) is 74.8 cm³/mol. The first-order chi connectivity index (χ1) is 10.2. The van der Waals surface area contributed by atoms with E-state index in [0.29, 0.717) is 17.9 Å². The summed E-state index contributed by atoms with van der Waals surface area (Å²) < 4.78 is 20.1. The molecule has 1 fully saturated rings. The molecule has 1 saturated heterocycles. The molecule has 6 heteroatoms. The zero-order chi connectivity index (χ0) is 14.7. The molecule has 110 valence electrons. The van der Waals surface area contributed by atoms with Gasteiger partial charge in [0.25, 0.3) is 5.91 Å². The number of amides is 1. The van der Waals surface area contributed by atoms with Crippen LogP contribution >= 0.6 is 0 Å². The van der Waals surface area contributed by atoms with Crippen molar-refractivity contribution in [3.63, 3.8) is 0 Å². The molecule has 1 amide bonds. The van der Waals surface area contributed by atoms with Crippen LogP contribution in [0.5, 0.6) is 0 Å². The molecule has 2 heterocycles. The number of aromatic nitrogens is 2. The lowest BCUT2D eigenvalue weighted by molar-refractivity contribution is 0.0852. The second kappa shape index (κ2) is 6.05. The first-order valence-corrected chi connectivity index (χ1v) is 6.92. The SMILES string of the molecule is O=C(NC[C@H]1CCCO1)c1cncn1-c1ccc(F)cc1. The van der Waals surface area contributed by atoms with Gasteiger partial charge in [-0.05, 0) is 37.1 Å². The van der Waals surface area contributed by atoms with E-state index >= 15 is 0 Å². The average molecular weight is 289 g/mol. The Morgan fingerprint density at radius 1 is 1.43 bits per heavy atom. The summed E-state index contributed by atoms with van der Waals surface area (Å²) in [5.41, 5.74) is 1.11. The predicted octanol–water partition coefficient (Wildman–Crippen LogP) is 1.92. The lowest BCUT2D eigenvalue weighted by Gasteiger charge is -2.12. The highest BCUT2D eigenvalue weighted by atomic mass is 19.1. The van der Waals surface area contributed by atoms with Crippen LogP contribution in [0.3, 0.4) is 0 Å². The summed E-state index contributed by atoms with van der Waals surface area (Å²) in [4.78, 5) is 16.2. The highest BCUT2D eigenvalue weighted by Gasteiger charge is 2.18. The molecule has 21 heavy (non-hydrogen) atoms. The summed E-state index contributed by atoms with van der Waals surface area (Å²) in [6, 6.07) is 5.91. The molecule has 0 saturated carbocycles. The van der Waals surface area contributed by atoms with Crippen molar-refractivity contribution in [2.75, 3.05) is 13.2 Å². The zero-order valence-corrected chi connectivity index (χ0v) is 11.5. The third-order valence-electron chi connectivity index (χ3n) is 3.49. The van der Waals surface area contributed by atoms with Crippen molar-refractivity contribution in [1.82, 2.24) is 14.9 Å². The van der Waals surface area contributed by atoms with E-state index in [1.807, 2.05) is 0 Å². The fourth-order valence-electron chi connectivity index (χ4n) is 2.37. The molecule has 1 aromatic heterocycles. The molecule has 2 aromatic rings. The number of halogens is 1. The molecule has 0 radical (unpaired) electrons. The van der Waals surface area contributed by atoms with Gasteiger partial charge >= 0.3 is 0 Å². The quantitative estimate of drug-likeness (QED) is 0.935. The number of hydrogen-bond acceptors (Lipinski definition) is 3. The highest BCUT2D eigenvalue weighted by molar-refractivity contribution is 5.93. The smallest absolute Gasteiger partial charge is 0.270 e. The van der Waals surface area contributed by atoms with E-state index in [-0.39, 0.29) is 17.8 Å². The Balaban J connectivity index is 1.72. The Labute approximate surface area is 121 Å². The van der Waals surface area contributed by atoms with Crippen molar-refractivity contribution in [1.29, 1.82) is 0 Å². The lowest BCUT2D eigenvalue weighted by atomic mass is 10.2. The number of carbonyl (C=O) groups excluding carboxylic acids is 1. The van der Waals surface area contributed by atoms with Crippen molar-refractivity contribution < 1.29 is 13.9 Å². The van der Waals surface area contributed by atoms with Gasteiger partial charge in [-0.1, -0.05) is 0 Å². The van der Waals surface area contributed by atoms with Gasteiger partial charge in [0.2, 0.25) is 0 Å². The second-order valence-electron chi connectivity index (χ2n) is 4.97. The lowest BCUT2D eigenvalue weighted by Crippen LogP contribution is -2.32. The van der Waals surface area contributed by atoms with Gasteiger partial charge in [0.15, 0.2) is 0 Å². The van der Waals surface area contributed by atoms with Crippen molar-refractivity contribution in [2.24, 2.45) is 0 Å². The van der Waals surface area contributed by atoms with Crippen LogP contribution in [0.25, 0.3) is 5.69 Å². The molecule has 1 aliphatic rings. The van der Waals surface area contributed by atoms with Crippen molar-refractivity contribution >= 4 is 5.91 Å². The summed E-state index contributed by atoms with van der Waals surface area (Å²) >= 11 is 0. The highest BCUT2D eigenvalue weighted by Crippen LogP contribution is 2.13. The van der Waals surface area contributed by atoms with Crippen LogP contribution in [-0.2, 0) is 4.74 Å². The van der Waals surface area contributed by atoms with Crippen LogP contribution in [0, 0.1) is 5.82 Å². The maximum Gasteiger partial charge on any atom is 0.270 e. The van der Waals surface area contributed by atoms with Crippen LogP contribution < -0.4 is 5.32 Å². The molecule has 1 atom stereocenters. The van der Waals surface area contributed by atoms with Crippen LogP contribution in [0.4, 0.5) is 4.39 Å². The van der Waals surface area contributed by atoms with Gasteiger partial charge in [-0.25, -0.2) is 9.37 Å². The van der Waals surface area contributed by atoms with Crippen LogP contribution in [0.1, 0.15) is 23.3 Å². The van der Waals surface area contributed by atoms with Gasteiger partial charge in [0.05, 0.1) is 18.6 Å². The van der Waals surface area contributed by atoms with Gasteiger partial charge in [-0.15, -0.1) is 0 Å². The Morgan fingerprint density at radius 2 is 2.24 bits per heavy atom. The van der Waals surface area contributed by atoms with E-state index in [9.17, 15) is 9.18 Å². The third-order valence-corrected chi connectivity index (χ3v) is 3.49. The van der Waals surface area contributed by atoms with Crippen LogP contribution in [-0.4, -0.2) is 34.7 Å². The van der Waals surface area contributed by atoms with E-state index in [1.54, 1.807) is 16.7 Å². The van der Waals surface area contributed by atoms with Gasteiger partial charge in [-0.2, -0.15) is 0 Å². The summed E-state index contributed by atoms with van der Waals surface area (Å²) in [6.45, 7) is 1.25. The molecular formula is C15H16FN3O2. The van der Waals surface area contributed by atoms with E-state index in [2.05, 4.69) is 10.3 Å². The topological polar surface area (TPSA) is 56.1 Å². The molecule has 0 spiro atoms. The normalized spacial score (nSPS) is 17.9. The summed E-state index contributed by atoms with van der Waals surface area (Å²) in [5, 5.41) is 2.85. The van der Waals surface area contributed by atoms with Crippen LogP contribution in [0.15, 0.2) is 36.8 Å². The maximum absolute atomic E-state index is 13.0. The monoisotopic (exact) mass is 289 g/mol. The first kappa shape index (κ1) is 13.8. The molecule has 0 unspecified atom stereocenters. The number of hydrogen-bond donors (Lipinski definition) is 1. The number of rotatable bonds is 4. The molecule has 1 aromatic carbocycles. The minimum atomic E-state index is -0.316. The van der Waals surface area contributed by atoms with Gasteiger partial charge in [0, 0.05) is 18.8 Å². The van der Waals surface area contributed by atoms with Gasteiger partial charge < -0.3 is 10.1 Å². The Bertz CT molecular complexity index is 618. The Morgan fingerprint density at radius 3 is 2.95 bits per heavy atom. The number of benzene rings is 1. The molecule has 1 aliphatic heterocycles. The van der Waals surface area contributed by atoms with E-state index in [1.165, 1.54) is 24.7 Å². The van der Waals surface area contributed by atoms with Crippen molar-refractivity contribution in [3.05, 3.63) is 48.3 Å². The summed E-state index contributed by atoms with van der Waals surface area (Å²) in [6.07, 6.45) is 5.13. The van der Waals surface area contributed by atoms with Crippen LogP contribution in [0.2, 0.25) is 0 Å². The van der Waals surface area contributed by atoms with Crippen molar-refractivity contribution in [3.8, 4) is 5.69 Å². The summed E-state index contributed by atoms with van der Waals surface area (Å²) in [7, 11) is 0. The van der Waals surface area contributed by atoms with Gasteiger partial charge in [0.1, 0.15) is 11.5 Å². The maximum atomic E-state index is 13.0. The first-order valence-electron chi connectivity index (χ1n) is 6.92. The number of ether oxygens (including phenoxy) is 1.